The summed E-state index contributed by atoms with van der Waals surface area (Å²) >= 11 is 5.72. The van der Waals surface area contributed by atoms with Crippen LogP contribution < -0.4 is 11.1 Å². The Morgan fingerprint density at radius 3 is 2.61 bits per heavy atom. The molecular weight excluding hydrogens is 269 g/mol. The highest BCUT2D eigenvalue weighted by atomic mass is 35.5. The Labute approximate surface area is 107 Å². The first-order valence-electron chi connectivity index (χ1n) is 5.12. The molecule has 0 aliphatic carbocycles. The zero-order valence-electron chi connectivity index (χ0n) is 9.51. The molecule has 0 saturated carbocycles. The number of para-hydroxylation sites is 1. The third-order valence-electron chi connectivity index (χ3n) is 2.39. The third-order valence-corrected chi connectivity index (χ3v) is 2.70. The standard InChI is InChI=1S/C11H12ClF3N2O/c1-6(10(16)18)5-17-9-7(11(13,14)15)3-2-4-8(9)12/h2-4,6,17H,5H2,1H3,(H2,16,18). The number of anilines is 1. The smallest absolute Gasteiger partial charge is 0.383 e. The fraction of sp³-hybridized carbons (Fsp3) is 0.364. The Morgan fingerprint density at radius 2 is 2.11 bits per heavy atom. The van der Waals surface area contributed by atoms with Crippen LogP contribution >= 0.6 is 11.6 Å². The Hall–Kier alpha value is -1.43. The fourth-order valence-corrected chi connectivity index (χ4v) is 1.54. The molecule has 0 aromatic heterocycles. The molecule has 1 aromatic carbocycles. The second kappa shape index (κ2) is 5.48. The van der Waals surface area contributed by atoms with Gasteiger partial charge in [0.25, 0.3) is 0 Å². The van der Waals surface area contributed by atoms with Gasteiger partial charge in [-0.2, -0.15) is 13.2 Å². The van der Waals surface area contributed by atoms with Crippen LogP contribution in [0.2, 0.25) is 5.02 Å². The lowest BCUT2D eigenvalue weighted by molar-refractivity contribution is -0.137. The zero-order chi connectivity index (χ0) is 13.9. The minimum Gasteiger partial charge on any atom is -0.383 e. The first-order valence-corrected chi connectivity index (χ1v) is 5.50. The van der Waals surface area contributed by atoms with E-state index in [0.717, 1.165) is 6.07 Å². The minimum absolute atomic E-state index is 0.0118. The molecule has 3 nitrogen and oxygen atoms in total. The van der Waals surface area contributed by atoms with Crippen molar-refractivity contribution in [2.75, 3.05) is 11.9 Å². The van der Waals surface area contributed by atoms with E-state index in [1.54, 1.807) is 0 Å². The summed E-state index contributed by atoms with van der Waals surface area (Å²) in [5.41, 5.74) is 3.92. The van der Waals surface area contributed by atoms with E-state index in [-0.39, 0.29) is 17.3 Å². The van der Waals surface area contributed by atoms with Crippen molar-refractivity contribution >= 4 is 23.2 Å². The van der Waals surface area contributed by atoms with Crippen molar-refractivity contribution in [1.82, 2.24) is 0 Å². The number of benzene rings is 1. The van der Waals surface area contributed by atoms with Crippen LogP contribution in [0.5, 0.6) is 0 Å². The van der Waals surface area contributed by atoms with Gasteiger partial charge < -0.3 is 11.1 Å². The largest absolute Gasteiger partial charge is 0.418 e. The summed E-state index contributed by atoms with van der Waals surface area (Å²) in [4.78, 5) is 10.8. The number of nitrogens with one attached hydrogen (secondary N) is 1. The van der Waals surface area contributed by atoms with E-state index in [1.807, 2.05) is 0 Å². The second-order valence-electron chi connectivity index (χ2n) is 3.84. The number of primary amides is 1. The summed E-state index contributed by atoms with van der Waals surface area (Å²) in [6.07, 6.45) is -4.51. The lowest BCUT2D eigenvalue weighted by Gasteiger charge is -2.17. The predicted octanol–water partition coefficient (Wildman–Crippen LogP) is 2.89. The van der Waals surface area contributed by atoms with E-state index in [9.17, 15) is 18.0 Å². The highest BCUT2D eigenvalue weighted by Gasteiger charge is 2.34. The highest BCUT2D eigenvalue weighted by Crippen LogP contribution is 2.38. The summed E-state index contributed by atoms with van der Waals surface area (Å²) in [7, 11) is 0. The van der Waals surface area contributed by atoms with Gasteiger partial charge in [-0.15, -0.1) is 0 Å². The maximum atomic E-state index is 12.7. The van der Waals surface area contributed by atoms with Crippen LogP contribution in [0.1, 0.15) is 12.5 Å². The van der Waals surface area contributed by atoms with Crippen molar-refractivity contribution in [3.05, 3.63) is 28.8 Å². The van der Waals surface area contributed by atoms with Gasteiger partial charge in [0.05, 0.1) is 22.2 Å². The highest BCUT2D eigenvalue weighted by molar-refractivity contribution is 6.33. The lowest BCUT2D eigenvalue weighted by Crippen LogP contribution is -2.27. The SMILES string of the molecule is CC(CNc1c(Cl)cccc1C(F)(F)F)C(N)=O. The number of alkyl halides is 3. The summed E-state index contributed by atoms with van der Waals surface area (Å²) in [5, 5.41) is 2.46. The third kappa shape index (κ3) is 3.53. The second-order valence-corrected chi connectivity index (χ2v) is 4.25. The number of halogens is 4. The van der Waals surface area contributed by atoms with Gasteiger partial charge in [0, 0.05) is 6.54 Å². The van der Waals surface area contributed by atoms with Gasteiger partial charge in [-0.25, -0.2) is 0 Å². The number of hydrogen-bond donors (Lipinski definition) is 2. The monoisotopic (exact) mass is 280 g/mol. The molecule has 0 heterocycles. The van der Waals surface area contributed by atoms with Gasteiger partial charge in [0.15, 0.2) is 0 Å². The van der Waals surface area contributed by atoms with Crippen molar-refractivity contribution in [2.45, 2.75) is 13.1 Å². The number of carbonyl (C=O) groups is 1. The molecule has 7 heteroatoms. The summed E-state index contributed by atoms with van der Waals surface area (Å²) in [5.74, 6) is -1.19. The summed E-state index contributed by atoms with van der Waals surface area (Å²) < 4.78 is 38.2. The van der Waals surface area contributed by atoms with Crippen molar-refractivity contribution in [3.8, 4) is 0 Å². The Bertz CT molecular complexity index is 448. The fourth-order valence-electron chi connectivity index (χ4n) is 1.30. The minimum atomic E-state index is -4.51. The average Bonchev–Trinajstić information content (AvgIpc) is 2.25. The topological polar surface area (TPSA) is 55.1 Å². The maximum absolute atomic E-state index is 12.7. The first kappa shape index (κ1) is 14.6. The number of nitrogens with two attached hydrogens (primary N) is 1. The predicted molar refractivity (Wildman–Crippen MR) is 63.3 cm³/mol. The van der Waals surface area contributed by atoms with E-state index in [1.165, 1.54) is 19.1 Å². The normalized spacial score (nSPS) is 13.2. The van der Waals surface area contributed by atoms with Gasteiger partial charge >= 0.3 is 6.18 Å². The first-order chi connectivity index (χ1) is 8.23. The van der Waals surface area contributed by atoms with E-state index in [2.05, 4.69) is 5.32 Å². The summed E-state index contributed by atoms with van der Waals surface area (Å²) in [6.45, 7) is 1.50. The molecule has 1 rings (SSSR count). The van der Waals surface area contributed by atoms with Crippen LogP contribution in [0, 0.1) is 5.92 Å². The molecule has 1 unspecified atom stereocenters. The molecule has 0 saturated heterocycles. The molecule has 18 heavy (non-hydrogen) atoms. The molecule has 0 aliphatic heterocycles. The van der Waals surface area contributed by atoms with Crippen LogP contribution in [0.25, 0.3) is 0 Å². The Morgan fingerprint density at radius 1 is 1.50 bits per heavy atom. The Balaban J connectivity index is 2.97. The molecule has 0 aliphatic rings. The average molecular weight is 281 g/mol. The van der Waals surface area contributed by atoms with Crippen molar-refractivity contribution in [3.63, 3.8) is 0 Å². The zero-order valence-corrected chi connectivity index (χ0v) is 10.3. The molecule has 100 valence electrons. The number of carbonyl (C=O) groups excluding carboxylic acids is 1. The van der Waals surface area contributed by atoms with E-state index in [0.29, 0.717) is 0 Å². The van der Waals surface area contributed by atoms with Crippen LogP contribution in [-0.2, 0) is 11.0 Å². The van der Waals surface area contributed by atoms with Crippen LogP contribution in [-0.4, -0.2) is 12.5 Å². The van der Waals surface area contributed by atoms with Crippen molar-refractivity contribution in [1.29, 1.82) is 0 Å². The molecule has 0 bridgehead atoms. The van der Waals surface area contributed by atoms with Crippen LogP contribution in [0.3, 0.4) is 0 Å². The van der Waals surface area contributed by atoms with Gasteiger partial charge in [0.1, 0.15) is 0 Å². The summed E-state index contributed by atoms with van der Waals surface area (Å²) in [6, 6.07) is 3.48. The molecule has 1 atom stereocenters. The molecule has 0 fully saturated rings. The molecule has 0 spiro atoms. The van der Waals surface area contributed by atoms with Crippen molar-refractivity contribution < 1.29 is 18.0 Å². The molecule has 3 N–H and O–H groups in total. The molecule has 0 radical (unpaired) electrons. The molecule has 1 aromatic rings. The van der Waals surface area contributed by atoms with E-state index in [4.69, 9.17) is 17.3 Å². The van der Waals surface area contributed by atoms with Gasteiger partial charge in [-0.3, -0.25) is 4.79 Å². The quantitative estimate of drug-likeness (QED) is 0.891. The number of amides is 1. The van der Waals surface area contributed by atoms with Gasteiger partial charge in [0.2, 0.25) is 5.91 Å². The Kier molecular flexibility index (Phi) is 4.45. The number of hydrogen-bond acceptors (Lipinski definition) is 2. The van der Waals surface area contributed by atoms with Crippen LogP contribution in [0.4, 0.5) is 18.9 Å². The van der Waals surface area contributed by atoms with Crippen molar-refractivity contribution in [2.24, 2.45) is 11.7 Å². The van der Waals surface area contributed by atoms with Gasteiger partial charge in [-0.05, 0) is 12.1 Å². The van der Waals surface area contributed by atoms with Crippen LogP contribution in [0.15, 0.2) is 18.2 Å². The van der Waals surface area contributed by atoms with Gasteiger partial charge in [-0.1, -0.05) is 24.6 Å². The maximum Gasteiger partial charge on any atom is 0.418 e. The number of rotatable bonds is 4. The molecule has 1 amide bonds. The lowest BCUT2D eigenvalue weighted by atomic mass is 10.1. The van der Waals surface area contributed by atoms with E-state index < -0.39 is 23.6 Å². The molecular formula is C11H12ClF3N2O. The van der Waals surface area contributed by atoms with E-state index >= 15 is 0 Å².